The Hall–Kier alpha value is -2.63. The number of carbonyl (C=O) groups is 2. The number of rotatable bonds is 5. The van der Waals surface area contributed by atoms with Crippen molar-refractivity contribution in [2.45, 2.75) is 44.6 Å². The average Bonchev–Trinajstić information content (AvgIpc) is 3.04. The molecule has 1 aliphatic rings. The number of benzene rings is 1. The molecular formula is C18H20N2O4. The number of carbonyl (C=O) groups excluding carboxylic acids is 1. The van der Waals surface area contributed by atoms with Crippen molar-refractivity contribution in [2.24, 2.45) is 0 Å². The molecule has 0 saturated heterocycles. The van der Waals surface area contributed by atoms with Gasteiger partial charge >= 0.3 is 5.97 Å². The van der Waals surface area contributed by atoms with Crippen LogP contribution in [0.2, 0.25) is 0 Å². The Bertz CT molecular complexity index is 754. The third-order valence-corrected chi connectivity index (χ3v) is 4.65. The van der Waals surface area contributed by atoms with Crippen LogP contribution in [0.15, 0.2) is 34.9 Å². The van der Waals surface area contributed by atoms with Crippen molar-refractivity contribution in [2.75, 3.05) is 0 Å². The fraction of sp³-hybridized carbons (Fsp3) is 0.389. The number of aromatic nitrogens is 1. The molecule has 126 valence electrons. The Kier molecular flexibility index (Phi) is 4.38. The number of aliphatic carboxylic acids is 1. The Morgan fingerprint density at radius 2 is 1.96 bits per heavy atom. The highest BCUT2D eigenvalue weighted by Gasteiger charge is 2.41. The van der Waals surface area contributed by atoms with Crippen LogP contribution < -0.4 is 5.32 Å². The molecule has 1 unspecified atom stereocenters. The molecule has 6 heteroatoms. The number of amides is 1. The first kappa shape index (κ1) is 16.2. The van der Waals surface area contributed by atoms with E-state index in [1.807, 2.05) is 6.07 Å². The summed E-state index contributed by atoms with van der Waals surface area (Å²) in [6.07, 6.45) is 3.72. The highest BCUT2D eigenvalue weighted by Crippen LogP contribution is 2.28. The van der Waals surface area contributed by atoms with Crippen LogP contribution in [-0.2, 0) is 23.2 Å². The van der Waals surface area contributed by atoms with E-state index >= 15 is 0 Å². The summed E-state index contributed by atoms with van der Waals surface area (Å²) in [6, 6.07) is 8.73. The van der Waals surface area contributed by atoms with Crippen molar-refractivity contribution < 1.29 is 19.2 Å². The number of carboxylic acid groups (broad SMARTS) is 1. The molecule has 0 bridgehead atoms. The Morgan fingerprint density at radius 3 is 2.62 bits per heavy atom. The van der Waals surface area contributed by atoms with Gasteiger partial charge in [0.2, 0.25) is 0 Å². The van der Waals surface area contributed by atoms with Crippen LogP contribution in [0.5, 0.6) is 0 Å². The molecule has 0 spiro atoms. The molecule has 1 aromatic carbocycles. The molecule has 3 rings (SSSR count). The lowest BCUT2D eigenvalue weighted by Crippen LogP contribution is -2.51. The van der Waals surface area contributed by atoms with Crippen molar-refractivity contribution in [1.82, 2.24) is 10.5 Å². The van der Waals surface area contributed by atoms with Crippen LogP contribution in [0, 0.1) is 0 Å². The Labute approximate surface area is 139 Å². The van der Waals surface area contributed by atoms with Crippen molar-refractivity contribution in [3.8, 4) is 0 Å². The summed E-state index contributed by atoms with van der Waals surface area (Å²) >= 11 is 0. The zero-order valence-electron chi connectivity index (χ0n) is 13.5. The highest BCUT2D eigenvalue weighted by atomic mass is 16.5. The molecule has 6 nitrogen and oxygen atoms in total. The van der Waals surface area contributed by atoms with Crippen molar-refractivity contribution in [1.29, 1.82) is 0 Å². The topological polar surface area (TPSA) is 92.4 Å². The van der Waals surface area contributed by atoms with Crippen molar-refractivity contribution >= 4 is 11.9 Å². The molecule has 1 amide bonds. The largest absolute Gasteiger partial charge is 0.479 e. The lowest BCUT2D eigenvalue weighted by molar-refractivity contribution is -0.145. The van der Waals surface area contributed by atoms with Crippen LogP contribution in [0.25, 0.3) is 0 Å². The number of aryl methyl sites for hydroxylation is 1. The van der Waals surface area contributed by atoms with Gasteiger partial charge in [-0.05, 0) is 31.2 Å². The molecule has 1 aromatic heterocycles. The molecule has 1 atom stereocenters. The van der Waals surface area contributed by atoms with Gasteiger partial charge in [0.1, 0.15) is 5.76 Å². The summed E-state index contributed by atoms with van der Waals surface area (Å²) < 4.78 is 5.26. The van der Waals surface area contributed by atoms with E-state index in [0.717, 1.165) is 37.0 Å². The number of nitrogens with zero attached hydrogens (tertiary/aromatic N) is 1. The van der Waals surface area contributed by atoms with Crippen molar-refractivity contribution in [3.05, 3.63) is 52.9 Å². The van der Waals surface area contributed by atoms with Gasteiger partial charge in [0.15, 0.2) is 11.2 Å². The number of hydrogen-bond acceptors (Lipinski definition) is 4. The molecule has 1 heterocycles. The lowest BCUT2D eigenvalue weighted by atomic mass is 9.86. The molecule has 0 saturated carbocycles. The maximum atomic E-state index is 12.7. The zero-order valence-corrected chi connectivity index (χ0v) is 13.5. The fourth-order valence-electron chi connectivity index (χ4n) is 3.23. The van der Waals surface area contributed by atoms with Gasteiger partial charge < -0.3 is 14.9 Å². The number of fused-ring (bicyclic) bond motifs is 1. The van der Waals surface area contributed by atoms with E-state index < -0.39 is 17.4 Å². The molecular weight excluding hydrogens is 308 g/mol. The van der Waals surface area contributed by atoms with Gasteiger partial charge in [-0.15, -0.1) is 0 Å². The average molecular weight is 328 g/mol. The molecule has 2 N–H and O–H groups in total. The summed E-state index contributed by atoms with van der Waals surface area (Å²) in [6.45, 7) is 1.74. The van der Waals surface area contributed by atoms with Gasteiger partial charge in [-0.1, -0.05) is 42.4 Å². The summed E-state index contributed by atoms with van der Waals surface area (Å²) in [7, 11) is 0. The lowest BCUT2D eigenvalue weighted by Gasteiger charge is -2.29. The monoisotopic (exact) mass is 328 g/mol. The van der Waals surface area contributed by atoms with Gasteiger partial charge in [0.05, 0.1) is 0 Å². The molecule has 24 heavy (non-hydrogen) atoms. The zero-order chi connectivity index (χ0) is 17.2. The second-order valence-corrected chi connectivity index (χ2v) is 6.02. The Balaban J connectivity index is 1.95. The number of nitrogens with one attached hydrogen (secondary N) is 1. The summed E-state index contributed by atoms with van der Waals surface area (Å²) in [4.78, 5) is 24.7. The summed E-state index contributed by atoms with van der Waals surface area (Å²) in [5.74, 6) is -0.861. The van der Waals surface area contributed by atoms with Crippen LogP contribution in [-0.4, -0.2) is 22.1 Å². The van der Waals surface area contributed by atoms with E-state index in [2.05, 4.69) is 10.5 Å². The molecule has 0 fully saturated rings. The molecule has 0 aliphatic heterocycles. The van der Waals surface area contributed by atoms with Crippen LogP contribution >= 0.6 is 0 Å². The van der Waals surface area contributed by atoms with E-state index in [1.165, 1.54) is 0 Å². The first-order chi connectivity index (χ1) is 11.6. The smallest absolute Gasteiger partial charge is 0.334 e. The van der Waals surface area contributed by atoms with Gasteiger partial charge in [-0.25, -0.2) is 4.79 Å². The Morgan fingerprint density at radius 1 is 1.25 bits per heavy atom. The van der Waals surface area contributed by atoms with Crippen molar-refractivity contribution in [3.63, 3.8) is 0 Å². The molecule has 2 aromatic rings. The third-order valence-electron chi connectivity index (χ3n) is 4.65. The number of hydrogen-bond donors (Lipinski definition) is 2. The highest BCUT2D eigenvalue weighted by molar-refractivity contribution is 5.98. The van der Waals surface area contributed by atoms with Gasteiger partial charge in [-0.3, -0.25) is 4.79 Å². The standard InChI is InChI=1S/C18H20N2O4/c1-2-18(17(22)23,12-8-4-3-5-9-12)19-16(21)15-13-10-6-7-11-14(13)24-20-15/h3-5,8-9H,2,6-7,10-11H2,1H3,(H,19,21)(H,22,23). The number of carboxylic acids is 1. The van der Waals surface area contributed by atoms with Gasteiger partial charge in [-0.2, -0.15) is 0 Å². The molecule has 1 aliphatic carbocycles. The third kappa shape index (κ3) is 2.68. The first-order valence-corrected chi connectivity index (χ1v) is 8.17. The quantitative estimate of drug-likeness (QED) is 0.880. The minimum absolute atomic E-state index is 0.208. The fourth-order valence-corrected chi connectivity index (χ4v) is 3.23. The maximum Gasteiger partial charge on any atom is 0.334 e. The normalized spacial score (nSPS) is 16.0. The summed E-state index contributed by atoms with van der Waals surface area (Å²) in [5.41, 5.74) is 0.0615. The second-order valence-electron chi connectivity index (χ2n) is 6.02. The van der Waals surface area contributed by atoms with E-state index in [9.17, 15) is 14.7 Å². The van der Waals surface area contributed by atoms with Crippen LogP contribution in [0.3, 0.4) is 0 Å². The van der Waals surface area contributed by atoms with Gasteiger partial charge in [0.25, 0.3) is 5.91 Å². The summed E-state index contributed by atoms with van der Waals surface area (Å²) in [5, 5.41) is 16.4. The predicted molar refractivity (Wildman–Crippen MR) is 86.7 cm³/mol. The van der Waals surface area contributed by atoms with Crippen LogP contribution in [0.1, 0.15) is 53.6 Å². The first-order valence-electron chi connectivity index (χ1n) is 8.17. The SMILES string of the molecule is CCC(NC(=O)c1noc2c1CCCC2)(C(=O)O)c1ccccc1. The predicted octanol–water partition coefficient (Wildman–Crippen LogP) is 2.67. The minimum atomic E-state index is -1.49. The minimum Gasteiger partial charge on any atom is -0.479 e. The second kappa shape index (κ2) is 6.47. The van der Waals surface area contributed by atoms with E-state index in [-0.39, 0.29) is 12.1 Å². The van der Waals surface area contributed by atoms with Gasteiger partial charge in [0, 0.05) is 12.0 Å². The van der Waals surface area contributed by atoms with Crippen LogP contribution in [0.4, 0.5) is 0 Å². The van der Waals surface area contributed by atoms with E-state index in [0.29, 0.717) is 5.56 Å². The maximum absolute atomic E-state index is 12.7. The van der Waals surface area contributed by atoms with E-state index in [1.54, 1.807) is 31.2 Å². The molecule has 0 radical (unpaired) electrons. The van der Waals surface area contributed by atoms with E-state index in [4.69, 9.17) is 4.52 Å².